The van der Waals surface area contributed by atoms with Crippen LogP contribution in [0.1, 0.15) is 36.6 Å². The zero-order valence-corrected chi connectivity index (χ0v) is 21.3. The second kappa shape index (κ2) is 9.93. The average molecular weight is 539 g/mol. The molecule has 0 saturated carbocycles. The van der Waals surface area contributed by atoms with Crippen molar-refractivity contribution in [1.82, 2.24) is 25.3 Å². The van der Waals surface area contributed by atoms with Crippen LogP contribution in [0.25, 0.3) is 5.70 Å². The average Bonchev–Trinajstić information content (AvgIpc) is 3.55. The molecule has 39 heavy (non-hydrogen) atoms. The number of hydrazine groups is 2. The van der Waals surface area contributed by atoms with Gasteiger partial charge < -0.3 is 25.8 Å². The lowest BCUT2D eigenvalue weighted by Gasteiger charge is -2.43. The standard InChI is InChI=1S/C27H29F3N8O/c1-16-11-21(9-10-38(16)17(2)18-3-8-23-24(12-18)35-36-34-23)37-14-19-13-31-26(33-25(19)15-37)32-20-4-6-22(7-5-20)39-27(28,29)30/h3-8,12-13,16,21,34-36H,2,9-11,14-15H2,1H3,(H,31,32,33)/t16-,21+/m1/s1. The number of hydrogen-bond donors (Lipinski definition) is 4. The summed E-state index contributed by atoms with van der Waals surface area (Å²) in [6.07, 6.45) is -0.849. The Morgan fingerprint density at radius 1 is 1.10 bits per heavy atom. The van der Waals surface area contributed by atoms with E-state index in [-0.39, 0.29) is 5.75 Å². The summed E-state index contributed by atoms with van der Waals surface area (Å²) in [5, 5.41) is 3.07. The van der Waals surface area contributed by atoms with Gasteiger partial charge in [0.25, 0.3) is 0 Å². The highest BCUT2D eigenvalue weighted by Crippen LogP contribution is 2.35. The summed E-state index contributed by atoms with van der Waals surface area (Å²) in [5.41, 5.74) is 15.9. The van der Waals surface area contributed by atoms with E-state index in [9.17, 15) is 13.2 Å². The lowest BCUT2D eigenvalue weighted by molar-refractivity contribution is -0.274. The number of aromatic nitrogens is 2. The molecule has 1 saturated heterocycles. The highest BCUT2D eigenvalue weighted by Gasteiger charge is 2.34. The van der Waals surface area contributed by atoms with Gasteiger partial charge in [-0.1, -0.05) is 12.6 Å². The van der Waals surface area contributed by atoms with Gasteiger partial charge >= 0.3 is 6.36 Å². The Morgan fingerprint density at radius 2 is 1.90 bits per heavy atom. The zero-order valence-electron chi connectivity index (χ0n) is 21.3. The van der Waals surface area contributed by atoms with E-state index in [4.69, 9.17) is 4.98 Å². The maximum Gasteiger partial charge on any atom is 0.573 e. The fraction of sp³-hybridized carbons (Fsp3) is 0.333. The molecule has 4 N–H and O–H groups in total. The predicted octanol–water partition coefficient (Wildman–Crippen LogP) is 5.22. The second-order valence-corrected chi connectivity index (χ2v) is 10.1. The van der Waals surface area contributed by atoms with Gasteiger partial charge in [0.2, 0.25) is 5.95 Å². The van der Waals surface area contributed by atoms with Crippen molar-refractivity contribution >= 4 is 28.7 Å². The van der Waals surface area contributed by atoms with Gasteiger partial charge in [0.05, 0.1) is 17.1 Å². The molecular weight excluding hydrogens is 509 g/mol. The van der Waals surface area contributed by atoms with Gasteiger partial charge in [0.15, 0.2) is 0 Å². The molecule has 6 rings (SSSR count). The molecule has 9 nitrogen and oxygen atoms in total. The largest absolute Gasteiger partial charge is 0.573 e. The molecule has 12 heteroatoms. The fourth-order valence-electron chi connectivity index (χ4n) is 5.51. The second-order valence-electron chi connectivity index (χ2n) is 10.1. The Balaban J connectivity index is 1.06. The first-order chi connectivity index (χ1) is 18.7. The first-order valence-electron chi connectivity index (χ1n) is 12.8. The number of benzene rings is 2. The number of rotatable bonds is 6. The maximum atomic E-state index is 12.4. The molecule has 3 aliphatic rings. The molecule has 3 aromatic rings. The molecule has 4 heterocycles. The van der Waals surface area contributed by atoms with E-state index in [1.54, 1.807) is 0 Å². The van der Waals surface area contributed by atoms with Crippen molar-refractivity contribution < 1.29 is 17.9 Å². The van der Waals surface area contributed by atoms with Crippen LogP contribution in [0.3, 0.4) is 0 Å². The number of nitrogens with one attached hydrogen (secondary N) is 4. The van der Waals surface area contributed by atoms with Gasteiger partial charge in [-0.3, -0.25) is 4.90 Å². The Bertz CT molecular complexity index is 1380. The lowest BCUT2D eigenvalue weighted by atomic mass is 9.95. The van der Waals surface area contributed by atoms with E-state index in [1.165, 1.54) is 24.3 Å². The van der Waals surface area contributed by atoms with Crippen LogP contribution in [0.2, 0.25) is 0 Å². The quantitative estimate of drug-likeness (QED) is 0.338. The molecule has 1 aromatic heterocycles. The third-order valence-corrected chi connectivity index (χ3v) is 7.48. The summed E-state index contributed by atoms with van der Waals surface area (Å²) in [5.74, 6) is 0.134. The number of fused-ring (bicyclic) bond motifs is 2. The molecule has 0 radical (unpaired) electrons. The van der Waals surface area contributed by atoms with Crippen LogP contribution in [0.15, 0.2) is 55.2 Å². The smallest absolute Gasteiger partial charge is 0.406 e. The fourth-order valence-corrected chi connectivity index (χ4v) is 5.51. The van der Waals surface area contributed by atoms with Crippen LogP contribution in [0.5, 0.6) is 5.75 Å². The molecule has 2 atom stereocenters. The van der Waals surface area contributed by atoms with E-state index in [0.29, 0.717) is 23.7 Å². The zero-order chi connectivity index (χ0) is 27.1. The SMILES string of the molecule is C=C(c1ccc2c(c1)NNN2)N1CC[C@H](N2Cc3cnc(Nc4ccc(OC(F)(F)F)cc4)nc3C2)C[C@H]1C. The first-order valence-corrected chi connectivity index (χ1v) is 12.8. The molecule has 0 amide bonds. The van der Waals surface area contributed by atoms with E-state index >= 15 is 0 Å². The van der Waals surface area contributed by atoms with Gasteiger partial charge in [0.1, 0.15) is 5.75 Å². The predicted molar refractivity (Wildman–Crippen MR) is 143 cm³/mol. The first kappa shape index (κ1) is 25.3. The number of hydrogen-bond acceptors (Lipinski definition) is 9. The molecule has 1 fully saturated rings. The van der Waals surface area contributed by atoms with Crippen molar-refractivity contribution in [3.8, 4) is 5.75 Å². The molecule has 2 aromatic carbocycles. The van der Waals surface area contributed by atoms with Crippen LogP contribution in [-0.4, -0.2) is 44.8 Å². The van der Waals surface area contributed by atoms with Crippen molar-refractivity contribution in [2.45, 2.75) is 51.3 Å². The lowest BCUT2D eigenvalue weighted by Crippen LogP contribution is -2.46. The van der Waals surface area contributed by atoms with Crippen molar-refractivity contribution in [1.29, 1.82) is 0 Å². The molecule has 0 spiro atoms. The highest BCUT2D eigenvalue weighted by atomic mass is 19.4. The summed E-state index contributed by atoms with van der Waals surface area (Å²) < 4.78 is 41.1. The minimum Gasteiger partial charge on any atom is -0.406 e. The highest BCUT2D eigenvalue weighted by molar-refractivity contribution is 5.77. The number of alkyl halides is 3. The topological polar surface area (TPSA) is 89.6 Å². The summed E-state index contributed by atoms with van der Waals surface area (Å²) in [6.45, 7) is 9.11. The van der Waals surface area contributed by atoms with Crippen molar-refractivity contribution in [3.05, 3.63) is 72.1 Å². The van der Waals surface area contributed by atoms with Crippen LogP contribution in [0.4, 0.5) is 36.2 Å². The van der Waals surface area contributed by atoms with Crippen molar-refractivity contribution in [3.63, 3.8) is 0 Å². The Labute approximate surface area is 224 Å². The van der Waals surface area contributed by atoms with Crippen LogP contribution >= 0.6 is 0 Å². The Morgan fingerprint density at radius 3 is 2.67 bits per heavy atom. The minimum absolute atomic E-state index is 0.277. The molecule has 0 unspecified atom stereocenters. The van der Waals surface area contributed by atoms with Crippen molar-refractivity contribution in [2.24, 2.45) is 0 Å². The van der Waals surface area contributed by atoms with Crippen LogP contribution in [0, 0.1) is 0 Å². The van der Waals surface area contributed by atoms with E-state index in [1.807, 2.05) is 12.3 Å². The van der Waals surface area contributed by atoms with Gasteiger partial charge in [-0.2, -0.15) is 0 Å². The Hall–Kier alpha value is -4.03. The van der Waals surface area contributed by atoms with Crippen LogP contribution in [-0.2, 0) is 13.1 Å². The van der Waals surface area contributed by atoms with Gasteiger partial charge in [-0.05, 0) is 61.7 Å². The molecule has 0 bridgehead atoms. The monoisotopic (exact) mass is 538 g/mol. The number of likely N-dealkylation sites (tertiary alicyclic amines) is 1. The van der Waals surface area contributed by atoms with Gasteiger partial charge in [0, 0.05) is 54.9 Å². The third-order valence-electron chi connectivity index (χ3n) is 7.48. The molecule has 3 aliphatic heterocycles. The van der Waals surface area contributed by atoms with E-state index in [0.717, 1.165) is 66.4 Å². The van der Waals surface area contributed by atoms with Crippen molar-refractivity contribution in [2.75, 3.05) is 22.7 Å². The number of anilines is 4. The molecule has 204 valence electrons. The summed E-state index contributed by atoms with van der Waals surface area (Å²) in [7, 11) is 0. The number of nitrogens with zero attached hydrogens (tertiary/aromatic N) is 4. The molecule has 0 aliphatic carbocycles. The van der Waals surface area contributed by atoms with Gasteiger partial charge in [-0.25, -0.2) is 9.97 Å². The van der Waals surface area contributed by atoms with Gasteiger partial charge in [-0.15, -0.1) is 18.7 Å². The summed E-state index contributed by atoms with van der Waals surface area (Å²) >= 11 is 0. The molecular formula is C27H29F3N8O. The maximum absolute atomic E-state index is 12.4. The summed E-state index contributed by atoms with van der Waals surface area (Å²) in [4.78, 5) is 14.0. The van der Waals surface area contributed by atoms with E-state index in [2.05, 4.69) is 66.9 Å². The minimum atomic E-state index is -4.72. The van der Waals surface area contributed by atoms with E-state index < -0.39 is 6.36 Å². The number of halogens is 3. The normalized spacial score (nSPS) is 20.6. The Kier molecular flexibility index (Phi) is 6.43. The summed E-state index contributed by atoms with van der Waals surface area (Å²) in [6, 6.07) is 12.5. The number of ether oxygens (including phenoxy) is 1. The number of piperidine rings is 1. The third kappa shape index (κ3) is 5.43. The van der Waals surface area contributed by atoms with Crippen LogP contribution < -0.4 is 26.4 Å².